The van der Waals surface area contributed by atoms with Crippen molar-refractivity contribution >= 4 is 5.91 Å². The second kappa shape index (κ2) is 4.48. The Labute approximate surface area is 146 Å². The summed E-state index contributed by atoms with van der Waals surface area (Å²) in [4.78, 5) is 24.0. The predicted molar refractivity (Wildman–Crippen MR) is 89.5 cm³/mol. The molecule has 6 heteroatoms. The van der Waals surface area contributed by atoms with Crippen molar-refractivity contribution in [3.05, 3.63) is 42.2 Å². The average molecular weight is 335 g/mol. The van der Waals surface area contributed by atoms with Gasteiger partial charge in [-0.15, -0.1) is 0 Å². The number of hydrogen-bond donors (Lipinski definition) is 0. The Hall–Kier alpha value is -2.24. The molecule has 5 aliphatic rings. The Morgan fingerprint density at radius 2 is 1.92 bits per heavy atom. The fraction of sp³-hybridized carbons (Fsp3) is 0.579. The minimum atomic E-state index is -0.0339. The maximum atomic E-state index is 13.2. The van der Waals surface area contributed by atoms with Crippen molar-refractivity contribution in [3.8, 4) is 0 Å². The molecular formula is C19H21N5O. The predicted octanol–water partition coefficient (Wildman–Crippen LogP) is 2.38. The standard InChI is InChI=1S/C19H21N5O/c25-17-15-2-1-3-21-16(15)9-23(17)18-5-13-4-14(6-18)8-19(7-13,10-18)24-12-20-11-22-24/h1-3,11-14H,4-10H2/t13-,14-,18?,19?/m1/s1. The van der Waals surface area contributed by atoms with E-state index in [9.17, 15) is 4.79 Å². The zero-order chi connectivity index (χ0) is 16.6. The maximum Gasteiger partial charge on any atom is 0.256 e. The van der Waals surface area contributed by atoms with Crippen molar-refractivity contribution in [1.82, 2.24) is 24.6 Å². The summed E-state index contributed by atoms with van der Waals surface area (Å²) in [5.74, 6) is 1.56. The molecule has 1 amide bonds. The molecule has 4 saturated carbocycles. The summed E-state index contributed by atoms with van der Waals surface area (Å²) in [6.45, 7) is 0.669. The van der Waals surface area contributed by atoms with Gasteiger partial charge in [0.25, 0.3) is 5.91 Å². The number of rotatable bonds is 2. The lowest BCUT2D eigenvalue weighted by atomic mass is 9.49. The molecule has 0 saturated heterocycles. The third kappa shape index (κ3) is 1.75. The van der Waals surface area contributed by atoms with Crippen molar-refractivity contribution in [1.29, 1.82) is 0 Å². The topological polar surface area (TPSA) is 63.9 Å². The Morgan fingerprint density at radius 1 is 1.12 bits per heavy atom. The van der Waals surface area contributed by atoms with Crippen molar-refractivity contribution in [2.75, 3.05) is 0 Å². The quantitative estimate of drug-likeness (QED) is 0.845. The van der Waals surface area contributed by atoms with E-state index in [1.165, 1.54) is 19.3 Å². The first kappa shape index (κ1) is 14.0. The van der Waals surface area contributed by atoms with Gasteiger partial charge in [0.05, 0.1) is 23.3 Å². The highest BCUT2D eigenvalue weighted by Gasteiger charge is 2.62. The third-order valence-corrected chi connectivity index (χ3v) is 7.15. The number of nitrogens with zero attached hydrogens (tertiary/aromatic N) is 5. The normalized spacial score (nSPS) is 38.4. The minimum Gasteiger partial charge on any atom is -0.327 e. The summed E-state index contributed by atoms with van der Waals surface area (Å²) in [5, 5.41) is 4.51. The van der Waals surface area contributed by atoms with Crippen LogP contribution in [0, 0.1) is 11.8 Å². The van der Waals surface area contributed by atoms with Crippen LogP contribution in [-0.2, 0) is 12.1 Å². The number of fused-ring (bicyclic) bond motifs is 1. The highest BCUT2D eigenvalue weighted by Crippen LogP contribution is 2.62. The molecule has 1 aliphatic heterocycles. The molecule has 2 atom stereocenters. The molecule has 2 aromatic heterocycles. The molecule has 0 aromatic carbocycles. The highest BCUT2D eigenvalue weighted by atomic mass is 16.2. The molecule has 2 aromatic rings. The van der Waals surface area contributed by atoms with Crippen LogP contribution in [0.15, 0.2) is 31.0 Å². The van der Waals surface area contributed by atoms with Gasteiger partial charge >= 0.3 is 0 Å². The fourth-order valence-electron chi connectivity index (χ4n) is 6.71. The molecular weight excluding hydrogens is 314 g/mol. The van der Waals surface area contributed by atoms with Gasteiger partial charge in [0.1, 0.15) is 12.7 Å². The van der Waals surface area contributed by atoms with Crippen LogP contribution in [0.3, 0.4) is 0 Å². The van der Waals surface area contributed by atoms with Crippen molar-refractivity contribution in [3.63, 3.8) is 0 Å². The van der Waals surface area contributed by atoms with Crippen molar-refractivity contribution < 1.29 is 4.79 Å². The molecule has 3 heterocycles. The van der Waals surface area contributed by atoms with Crippen molar-refractivity contribution in [2.45, 2.75) is 56.1 Å². The largest absolute Gasteiger partial charge is 0.327 e. The summed E-state index contributed by atoms with van der Waals surface area (Å²) in [5.41, 5.74) is 1.75. The van der Waals surface area contributed by atoms with Gasteiger partial charge in [-0.05, 0) is 62.5 Å². The Bertz CT molecular complexity index is 846. The van der Waals surface area contributed by atoms with E-state index in [1.807, 2.05) is 18.5 Å². The summed E-state index contributed by atoms with van der Waals surface area (Å²) < 4.78 is 2.10. The van der Waals surface area contributed by atoms with Crippen molar-refractivity contribution in [2.24, 2.45) is 11.8 Å². The summed E-state index contributed by atoms with van der Waals surface area (Å²) >= 11 is 0. The molecule has 0 spiro atoms. The fourth-order valence-corrected chi connectivity index (χ4v) is 6.71. The summed E-state index contributed by atoms with van der Waals surface area (Å²) in [6.07, 6.45) is 12.3. The van der Waals surface area contributed by atoms with Gasteiger partial charge in [-0.25, -0.2) is 9.67 Å². The first-order chi connectivity index (χ1) is 12.2. The van der Waals surface area contributed by atoms with Crippen LogP contribution in [0.5, 0.6) is 0 Å². The Balaban J connectivity index is 1.43. The lowest BCUT2D eigenvalue weighted by Gasteiger charge is -2.64. The monoisotopic (exact) mass is 335 g/mol. The molecule has 4 bridgehead atoms. The van der Waals surface area contributed by atoms with E-state index in [0.29, 0.717) is 18.4 Å². The molecule has 0 N–H and O–H groups in total. The first-order valence-corrected chi connectivity index (χ1v) is 9.29. The lowest BCUT2D eigenvalue weighted by Crippen LogP contribution is -2.65. The molecule has 4 fully saturated rings. The van der Waals surface area contributed by atoms with Gasteiger partial charge < -0.3 is 4.90 Å². The van der Waals surface area contributed by atoms with Gasteiger partial charge in [-0.2, -0.15) is 5.10 Å². The number of aromatic nitrogens is 4. The molecule has 25 heavy (non-hydrogen) atoms. The van der Waals surface area contributed by atoms with Crippen LogP contribution in [0.4, 0.5) is 0 Å². The van der Waals surface area contributed by atoms with Crippen LogP contribution < -0.4 is 0 Å². The van der Waals surface area contributed by atoms with E-state index in [1.54, 1.807) is 12.5 Å². The molecule has 128 valence electrons. The van der Waals surface area contributed by atoms with Gasteiger partial charge in [0, 0.05) is 11.7 Å². The van der Waals surface area contributed by atoms with Gasteiger partial charge in [-0.3, -0.25) is 9.78 Å². The lowest BCUT2D eigenvalue weighted by molar-refractivity contribution is -0.117. The summed E-state index contributed by atoms with van der Waals surface area (Å²) in [6, 6.07) is 3.80. The maximum absolute atomic E-state index is 13.2. The number of pyridine rings is 1. The van der Waals surface area contributed by atoms with Gasteiger partial charge in [-0.1, -0.05) is 0 Å². The highest BCUT2D eigenvalue weighted by molar-refractivity contribution is 5.98. The van der Waals surface area contributed by atoms with E-state index in [4.69, 9.17) is 0 Å². The van der Waals surface area contributed by atoms with E-state index >= 15 is 0 Å². The van der Waals surface area contributed by atoms with Crippen LogP contribution in [0.1, 0.15) is 54.6 Å². The summed E-state index contributed by atoms with van der Waals surface area (Å²) in [7, 11) is 0. The number of carbonyl (C=O) groups excluding carboxylic acids is 1. The van der Waals surface area contributed by atoms with E-state index in [2.05, 4.69) is 24.6 Å². The van der Waals surface area contributed by atoms with Crippen LogP contribution in [0.25, 0.3) is 0 Å². The first-order valence-electron chi connectivity index (χ1n) is 9.29. The van der Waals surface area contributed by atoms with Crippen LogP contribution in [-0.4, -0.2) is 36.1 Å². The van der Waals surface area contributed by atoms with Crippen LogP contribution >= 0.6 is 0 Å². The van der Waals surface area contributed by atoms with Crippen LogP contribution in [0.2, 0.25) is 0 Å². The van der Waals surface area contributed by atoms with E-state index in [-0.39, 0.29) is 17.0 Å². The number of hydrogen-bond acceptors (Lipinski definition) is 4. The third-order valence-electron chi connectivity index (χ3n) is 7.15. The zero-order valence-corrected chi connectivity index (χ0v) is 14.1. The number of amides is 1. The van der Waals surface area contributed by atoms with Gasteiger partial charge in [0.2, 0.25) is 0 Å². The molecule has 0 unspecified atom stereocenters. The van der Waals surface area contributed by atoms with E-state index in [0.717, 1.165) is 30.5 Å². The Kier molecular flexibility index (Phi) is 2.51. The molecule has 0 radical (unpaired) electrons. The number of carbonyl (C=O) groups is 1. The smallest absolute Gasteiger partial charge is 0.256 e. The zero-order valence-electron chi connectivity index (χ0n) is 14.1. The van der Waals surface area contributed by atoms with Gasteiger partial charge in [0.15, 0.2) is 0 Å². The molecule has 6 nitrogen and oxygen atoms in total. The minimum absolute atomic E-state index is 0.0339. The van der Waals surface area contributed by atoms with E-state index < -0.39 is 0 Å². The SMILES string of the molecule is O=C1c2cccnc2CN1C12C[C@H]3C[C@H](C1)CC(n1cncn1)(C3)C2. The molecule has 7 rings (SSSR count). The average Bonchev–Trinajstić information content (AvgIpc) is 3.23. The molecule has 4 aliphatic carbocycles. The Morgan fingerprint density at radius 3 is 2.64 bits per heavy atom. The second-order valence-electron chi connectivity index (χ2n) is 8.64. The second-order valence-corrected chi connectivity index (χ2v) is 8.64.